The zero-order valence-corrected chi connectivity index (χ0v) is 17.2. The highest BCUT2D eigenvalue weighted by atomic mass is 16.6. The number of carbonyl (C=O) groups is 2. The zero-order chi connectivity index (χ0) is 22.6. The second kappa shape index (κ2) is 12.0. The Hall–Kier alpha value is -3.78. The van der Waals surface area contributed by atoms with Crippen molar-refractivity contribution in [2.45, 2.75) is 6.10 Å². The van der Waals surface area contributed by atoms with E-state index in [2.05, 4.69) is 0 Å². The number of phenolic OH excluding ortho intramolecular Hbond substituents is 1. The first-order valence-electron chi connectivity index (χ1n) is 9.30. The Balaban J connectivity index is 1.71. The highest BCUT2D eigenvalue weighted by Crippen LogP contribution is 2.26. The molecule has 2 aromatic rings. The van der Waals surface area contributed by atoms with Gasteiger partial charge >= 0.3 is 11.9 Å². The van der Waals surface area contributed by atoms with Crippen LogP contribution in [0.1, 0.15) is 11.1 Å². The molecule has 0 saturated heterocycles. The molecule has 1 unspecified atom stereocenters. The molecular formula is C23H24O8. The molecule has 0 amide bonds. The van der Waals surface area contributed by atoms with Crippen molar-refractivity contribution < 1.29 is 38.7 Å². The molecule has 8 heteroatoms. The minimum atomic E-state index is -1.17. The summed E-state index contributed by atoms with van der Waals surface area (Å²) in [7, 11) is 3.00. The summed E-state index contributed by atoms with van der Waals surface area (Å²) >= 11 is 0. The average Bonchev–Trinajstić information content (AvgIpc) is 2.79. The molecule has 0 heterocycles. The number of aliphatic hydroxyl groups is 1. The van der Waals surface area contributed by atoms with Crippen molar-refractivity contribution in [3.63, 3.8) is 0 Å². The summed E-state index contributed by atoms with van der Waals surface area (Å²) in [6.45, 7) is -0.665. The molecule has 0 saturated carbocycles. The third kappa shape index (κ3) is 8.23. The molecule has 0 fully saturated rings. The van der Waals surface area contributed by atoms with Crippen LogP contribution in [-0.4, -0.2) is 55.7 Å². The first-order valence-corrected chi connectivity index (χ1v) is 9.30. The van der Waals surface area contributed by atoms with E-state index in [9.17, 15) is 19.8 Å². The molecule has 2 N–H and O–H groups in total. The van der Waals surface area contributed by atoms with E-state index in [1.165, 1.54) is 25.3 Å². The topological polar surface area (TPSA) is 112 Å². The molecule has 0 aliphatic rings. The first kappa shape index (κ1) is 23.5. The molecule has 0 aliphatic carbocycles. The van der Waals surface area contributed by atoms with Crippen molar-refractivity contribution in [3.05, 3.63) is 65.7 Å². The molecule has 0 bridgehead atoms. The van der Waals surface area contributed by atoms with Gasteiger partial charge in [0.05, 0.1) is 14.2 Å². The van der Waals surface area contributed by atoms with Crippen LogP contribution in [0.5, 0.6) is 17.2 Å². The maximum absolute atomic E-state index is 11.7. The number of rotatable bonds is 10. The van der Waals surface area contributed by atoms with Crippen LogP contribution < -0.4 is 9.47 Å². The number of carbonyl (C=O) groups excluding carboxylic acids is 2. The van der Waals surface area contributed by atoms with Gasteiger partial charge in [-0.05, 0) is 47.5 Å². The van der Waals surface area contributed by atoms with E-state index in [4.69, 9.17) is 18.9 Å². The Labute approximate surface area is 179 Å². The number of benzene rings is 2. The Morgan fingerprint density at radius 2 is 1.42 bits per heavy atom. The number of aromatic hydroxyl groups is 1. The van der Waals surface area contributed by atoms with E-state index in [0.717, 1.165) is 11.6 Å². The van der Waals surface area contributed by atoms with E-state index >= 15 is 0 Å². The van der Waals surface area contributed by atoms with E-state index in [0.29, 0.717) is 17.1 Å². The third-order valence-electron chi connectivity index (χ3n) is 3.98. The molecule has 0 aromatic heterocycles. The third-order valence-corrected chi connectivity index (χ3v) is 3.98. The Bertz CT molecular complexity index is 931. The molecule has 8 nitrogen and oxygen atoms in total. The van der Waals surface area contributed by atoms with E-state index in [1.807, 2.05) is 0 Å². The summed E-state index contributed by atoms with van der Waals surface area (Å²) in [6.07, 6.45) is 4.22. The number of methoxy groups -OCH3 is 2. The fraction of sp³-hybridized carbons (Fsp3) is 0.217. The lowest BCUT2D eigenvalue weighted by molar-refractivity contribution is -0.146. The average molecular weight is 428 g/mol. The van der Waals surface area contributed by atoms with E-state index < -0.39 is 18.0 Å². The van der Waals surface area contributed by atoms with Crippen LogP contribution in [0, 0.1) is 0 Å². The molecule has 164 valence electrons. The van der Waals surface area contributed by atoms with Crippen LogP contribution in [0.15, 0.2) is 54.6 Å². The SMILES string of the molecule is COc1ccc(C=CC(=O)OCC(O)COC(=O)C=Cc2ccc(OC)c(O)c2)cc1. The maximum Gasteiger partial charge on any atom is 0.330 e. The highest BCUT2D eigenvalue weighted by molar-refractivity contribution is 5.87. The van der Waals surface area contributed by atoms with Crippen molar-refractivity contribution in [3.8, 4) is 17.2 Å². The fourth-order valence-electron chi connectivity index (χ4n) is 2.36. The van der Waals surface area contributed by atoms with Crippen LogP contribution in [-0.2, 0) is 19.1 Å². The number of esters is 2. The standard InChI is InChI=1S/C23H24O8/c1-28-19-8-3-16(4-9-19)6-11-22(26)30-14-18(24)15-31-23(27)12-7-17-5-10-21(29-2)20(25)13-17/h3-13,18,24-25H,14-15H2,1-2H3. The van der Waals surface area contributed by atoms with Gasteiger partial charge in [0.15, 0.2) is 11.5 Å². The molecule has 1 atom stereocenters. The molecular weight excluding hydrogens is 404 g/mol. The van der Waals surface area contributed by atoms with Crippen molar-refractivity contribution in [1.82, 2.24) is 0 Å². The van der Waals surface area contributed by atoms with Crippen molar-refractivity contribution in [2.24, 2.45) is 0 Å². The number of phenols is 1. The molecule has 0 radical (unpaired) electrons. The van der Waals surface area contributed by atoms with Crippen molar-refractivity contribution in [2.75, 3.05) is 27.4 Å². The van der Waals surface area contributed by atoms with Gasteiger partial charge in [-0.1, -0.05) is 18.2 Å². The van der Waals surface area contributed by atoms with Gasteiger partial charge in [0.1, 0.15) is 25.1 Å². The van der Waals surface area contributed by atoms with Crippen LogP contribution in [0.3, 0.4) is 0 Å². The summed E-state index contributed by atoms with van der Waals surface area (Å²) in [5, 5.41) is 19.5. The lowest BCUT2D eigenvalue weighted by Crippen LogP contribution is -2.24. The predicted molar refractivity (Wildman–Crippen MR) is 114 cm³/mol. The molecule has 0 aliphatic heterocycles. The maximum atomic E-state index is 11.7. The van der Waals surface area contributed by atoms with Crippen molar-refractivity contribution >= 4 is 24.1 Å². The number of hydrogen-bond acceptors (Lipinski definition) is 8. The van der Waals surface area contributed by atoms with Gasteiger partial charge in [-0.2, -0.15) is 0 Å². The Kier molecular flexibility index (Phi) is 9.13. The normalized spacial score (nSPS) is 12.0. The van der Waals surface area contributed by atoms with Gasteiger partial charge < -0.3 is 29.2 Å². The van der Waals surface area contributed by atoms with Crippen LogP contribution in [0.4, 0.5) is 0 Å². The fourth-order valence-corrected chi connectivity index (χ4v) is 2.36. The summed E-state index contributed by atoms with van der Waals surface area (Å²) < 4.78 is 19.8. The smallest absolute Gasteiger partial charge is 0.330 e. The van der Waals surface area contributed by atoms with E-state index in [-0.39, 0.29) is 19.0 Å². The second-order valence-electron chi connectivity index (χ2n) is 6.29. The summed E-state index contributed by atoms with van der Waals surface area (Å²) in [6, 6.07) is 11.7. The molecule has 31 heavy (non-hydrogen) atoms. The summed E-state index contributed by atoms with van der Waals surface area (Å²) in [5.74, 6) is -0.373. The number of aliphatic hydroxyl groups excluding tert-OH is 1. The van der Waals surface area contributed by atoms with Crippen LogP contribution in [0.25, 0.3) is 12.2 Å². The number of ether oxygens (including phenoxy) is 4. The van der Waals surface area contributed by atoms with Gasteiger partial charge in [-0.25, -0.2) is 9.59 Å². The highest BCUT2D eigenvalue weighted by Gasteiger charge is 2.10. The van der Waals surface area contributed by atoms with Gasteiger partial charge in [-0.3, -0.25) is 0 Å². The van der Waals surface area contributed by atoms with Crippen LogP contribution >= 0.6 is 0 Å². The lowest BCUT2D eigenvalue weighted by atomic mass is 10.2. The van der Waals surface area contributed by atoms with Gasteiger partial charge in [0.25, 0.3) is 0 Å². The van der Waals surface area contributed by atoms with Crippen LogP contribution in [0.2, 0.25) is 0 Å². The predicted octanol–water partition coefficient (Wildman–Crippen LogP) is 2.58. The monoisotopic (exact) mass is 428 g/mol. The second-order valence-corrected chi connectivity index (χ2v) is 6.29. The Morgan fingerprint density at radius 3 is 1.94 bits per heavy atom. The summed E-state index contributed by atoms with van der Waals surface area (Å²) in [5.41, 5.74) is 1.34. The summed E-state index contributed by atoms with van der Waals surface area (Å²) in [4.78, 5) is 23.5. The minimum Gasteiger partial charge on any atom is -0.504 e. The first-order chi connectivity index (χ1) is 14.9. The van der Waals surface area contributed by atoms with Gasteiger partial charge in [0, 0.05) is 12.2 Å². The lowest BCUT2D eigenvalue weighted by Gasteiger charge is -2.10. The van der Waals surface area contributed by atoms with Crippen molar-refractivity contribution in [1.29, 1.82) is 0 Å². The molecule has 2 rings (SSSR count). The van der Waals surface area contributed by atoms with Gasteiger partial charge in [-0.15, -0.1) is 0 Å². The largest absolute Gasteiger partial charge is 0.504 e. The molecule has 2 aromatic carbocycles. The number of hydrogen-bond donors (Lipinski definition) is 2. The zero-order valence-electron chi connectivity index (χ0n) is 17.2. The quantitative estimate of drug-likeness (QED) is 0.439. The molecule has 0 spiro atoms. The Morgan fingerprint density at radius 1 is 0.871 bits per heavy atom. The van der Waals surface area contributed by atoms with E-state index in [1.54, 1.807) is 49.6 Å². The minimum absolute atomic E-state index is 0.0590. The van der Waals surface area contributed by atoms with Gasteiger partial charge in [0.2, 0.25) is 0 Å².